The van der Waals surface area contributed by atoms with Gasteiger partial charge in [0.2, 0.25) is 0 Å². The molecule has 4 aliphatic rings. The molecule has 5 heteroatoms. The number of benzene rings is 8. The van der Waals surface area contributed by atoms with Crippen LogP contribution in [-0.2, 0) is 21.7 Å². The van der Waals surface area contributed by atoms with Crippen molar-refractivity contribution in [2.45, 2.75) is 110 Å². The summed E-state index contributed by atoms with van der Waals surface area (Å²) in [5.41, 5.74) is 20.9. The lowest BCUT2D eigenvalue weighted by atomic mass is 9.33. The van der Waals surface area contributed by atoms with Crippen LogP contribution in [0.3, 0.4) is 0 Å². The van der Waals surface area contributed by atoms with E-state index in [2.05, 4.69) is 210 Å². The Morgan fingerprint density at radius 1 is 0.486 bits per heavy atom. The molecule has 346 valence electrons. The van der Waals surface area contributed by atoms with Gasteiger partial charge in [0.1, 0.15) is 11.2 Å². The molecule has 8 aromatic carbocycles. The van der Waals surface area contributed by atoms with Crippen molar-refractivity contribution in [1.29, 1.82) is 0 Å². The molecule has 0 radical (unpaired) electrons. The molecule has 4 nitrogen and oxygen atoms in total. The lowest BCUT2D eigenvalue weighted by Crippen LogP contribution is -2.61. The summed E-state index contributed by atoms with van der Waals surface area (Å²) >= 11 is 0. The van der Waals surface area contributed by atoms with Gasteiger partial charge in [-0.05, 0) is 183 Å². The second kappa shape index (κ2) is 14.8. The van der Waals surface area contributed by atoms with Crippen LogP contribution in [0.25, 0.3) is 21.9 Å². The molecule has 3 heterocycles. The van der Waals surface area contributed by atoms with Gasteiger partial charge in [-0.2, -0.15) is 0 Å². The number of aryl methyl sites for hydroxylation is 2. The second-order valence-electron chi connectivity index (χ2n) is 23.4. The molecule has 0 fully saturated rings. The first-order valence-corrected chi connectivity index (χ1v) is 25.3. The average Bonchev–Trinajstić information content (AvgIpc) is 3.81. The van der Waals surface area contributed by atoms with Gasteiger partial charge in [-0.3, -0.25) is 0 Å². The number of furan rings is 1. The summed E-state index contributed by atoms with van der Waals surface area (Å²) in [5.74, 6) is 0. The molecule has 1 aromatic heterocycles. The Kier molecular flexibility index (Phi) is 8.41. The number of fused-ring (bicyclic) bond motifs is 9. The molecule has 70 heavy (non-hydrogen) atoms. The topological polar surface area (TPSA) is 22.9 Å². The van der Waals surface area contributed by atoms with E-state index in [4.69, 9.17) is 4.42 Å². The quantitative estimate of drug-likeness (QED) is 0.161. The van der Waals surface area contributed by atoms with E-state index in [1.54, 1.807) is 0 Å². The maximum absolute atomic E-state index is 9.25. The summed E-state index contributed by atoms with van der Waals surface area (Å²) in [7, 11) is 0. The molecule has 2 aliphatic carbocycles. The first-order valence-electron chi connectivity index (χ1n) is 26.8. The molecule has 9 aromatic rings. The van der Waals surface area contributed by atoms with E-state index >= 15 is 0 Å². The van der Waals surface area contributed by atoms with Gasteiger partial charge >= 0.3 is 0 Å². The smallest absolute Gasteiger partial charge is 0.252 e. The van der Waals surface area contributed by atoms with E-state index in [9.17, 15) is 4.11 Å². The highest BCUT2D eigenvalue weighted by Gasteiger charge is 2.49. The predicted octanol–water partition coefficient (Wildman–Crippen LogP) is 16.1. The Hall–Kier alpha value is -6.98. The standard InChI is InChI=1S/C65H62BN3O/c1-40-31-57-61-58(32-40)69(54-37-50-48(33-41(54)2)62(3,4)29-30-63(50,5)6)56-38-51-49(64(7,8)39-65(51,9)10)36-53(56)66(61)52-28-26-44(67(42-19-13-11-14-20-42)43-21-15-12-16-22-43)34-55(52)68(57)45-25-27-47-46-23-17-18-24-59(46)70-60(47)35-45/h11-28,31-38H,29-30,39H2,1-10H3/i1D3. The van der Waals surface area contributed by atoms with Crippen molar-refractivity contribution in [2.75, 3.05) is 14.7 Å². The zero-order valence-corrected chi connectivity index (χ0v) is 42.0. The molecule has 0 unspecified atom stereocenters. The van der Waals surface area contributed by atoms with Crippen LogP contribution in [0.2, 0.25) is 0 Å². The summed E-state index contributed by atoms with van der Waals surface area (Å²) in [6.45, 7) is 18.8. The SMILES string of the molecule is [2H]C([2H])([2H])c1cc2c3c(c1)N(c1cc4c(cc1C)C(C)(C)CCC4(C)C)c1cc4c(cc1B3c1ccc(N(c3ccccc3)c3ccccc3)cc1N2c1ccc2c(c1)oc1ccccc12)C(C)(C)CC4(C)C. The number of hydrogen-bond acceptors (Lipinski definition) is 4. The lowest BCUT2D eigenvalue weighted by molar-refractivity contribution is 0.332. The van der Waals surface area contributed by atoms with Crippen molar-refractivity contribution in [3.8, 4) is 0 Å². The number of anilines is 9. The molecule has 0 bridgehead atoms. The third-order valence-electron chi connectivity index (χ3n) is 16.9. The minimum Gasteiger partial charge on any atom is -0.456 e. The maximum atomic E-state index is 9.25. The fourth-order valence-corrected chi connectivity index (χ4v) is 13.5. The third kappa shape index (κ3) is 6.29. The van der Waals surface area contributed by atoms with Crippen LogP contribution in [0, 0.1) is 13.8 Å². The molecular weight excluding hydrogens is 850 g/mol. The van der Waals surface area contributed by atoms with Gasteiger partial charge in [-0.1, -0.05) is 128 Å². The summed E-state index contributed by atoms with van der Waals surface area (Å²) in [5, 5.41) is 2.10. The van der Waals surface area contributed by atoms with Crippen LogP contribution < -0.4 is 31.1 Å². The number of rotatable bonds is 5. The van der Waals surface area contributed by atoms with Crippen LogP contribution in [0.4, 0.5) is 51.2 Å². The van der Waals surface area contributed by atoms with E-state index in [0.29, 0.717) is 5.56 Å². The van der Waals surface area contributed by atoms with Gasteiger partial charge in [0, 0.05) is 72.1 Å². The van der Waals surface area contributed by atoms with Gasteiger partial charge < -0.3 is 19.1 Å². The Bertz CT molecular complexity index is 3720. The van der Waals surface area contributed by atoms with Crippen molar-refractivity contribution in [2.24, 2.45) is 0 Å². The van der Waals surface area contributed by atoms with Gasteiger partial charge in [-0.25, -0.2) is 0 Å². The van der Waals surface area contributed by atoms with Gasteiger partial charge in [0.05, 0.1) is 0 Å². The van der Waals surface area contributed by atoms with Gasteiger partial charge in [0.25, 0.3) is 6.71 Å². The molecule has 2 aliphatic heterocycles. The molecule has 0 N–H and O–H groups in total. The van der Waals surface area contributed by atoms with E-state index in [0.717, 1.165) is 103 Å². The maximum Gasteiger partial charge on any atom is 0.252 e. The van der Waals surface area contributed by atoms with E-state index in [1.807, 2.05) is 24.3 Å². The van der Waals surface area contributed by atoms with E-state index in [1.165, 1.54) is 33.3 Å². The Morgan fingerprint density at radius 3 is 1.74 bits per heavy atom. The second-order valence-corrected chi connectivity index (χ2v) is 23.4. The largest absolute Gasteiger partial charge is 0.456 e. The Labute approximate surface area is 418 Å². The van der Waals surface area contributed by atoms with Gasteiger partial charge in [-0.15, -0.1) is 0 Å². The molecule has 0 atom stereocenters. The van der Waals surface area contributed by atoms with Crippen LogP contribution in [0.5, 0.6) is 0 Å². The molecule has 13 rings (SSSR count). The van der Waals surface area contributed by atoms with E-state index < -0.39 is 6.85 Å². The van der Waals surface area contributed by atoms with Crippen LogP contribution >= 0.6 is 0 Å². The van der Waals surface area contributed by atoms with E-state index in [-0.39, 0.29) is 28.4 Å². The number of para-hydroxylation sites is 3. The average molecular weight is 915 g/mol. The summed E-state index contributed by atoms with van der Waals surface area (Å²) in [6.07, 6.45) is 3.23. The molecule has 0 saturated heterocycles. The lowest BCUT2D eigenvalue weighted by Gasteiger charge is -2.46. The van der Waals surface area contributed by atoms with Crippen molar-refractivity contribution < 1.29 is 8.53 Å². The number of nitrogens with zero attached hydrogens (tertiary/aromatic N) is 3. The third-order valence-corrected chi connectivity index (χ3v) is 16.9. The monoisotopic (exact) mass is 915 g/mol. The van der Waals surface area contributed by atoms with Crippen molar-refractivity contribution in [3.05, 3.63) is 191 Å². The van der Waals surface area contributed by atoms with Crippen molar-refractivity contribution in [1.82, 2.24) is 0 Å². The fourth-order valence-electron chi connectivity index (χ4n) is 13.5. The Balaban J connectivity index is 1.16. The van der Waals surface area contributed by atoms with Crippen LogP contribution in [-0.4, -0.2) is 6.71 Å². The predicted molar refractivity (Wildman–Crippen MR) is 298 cm³/mol. The van der Waals surface area contributed by atoms with Crippen molar-refractivity contribution in [3.63, 3.8) is 0 Å². The normalized spacial score (nSPS) is 18.3. The first-order chi connectivity index (χ1) is 34.7. The highest BCUT2D eigenvalue weighted by atomic mass is 16.3. The van der Waals surface area contributed by atoms with Crippen LogP contribution in [0.1, 0.15) is 112 Å². The van der Waals surface area contributed by atoms with Crippen LogP contribution in [0.15, 0.2) is 162 Å². The fraction of sp³-hybridized carbons (Fsp3) is 0.262. The first kappa shape index (κ1) is 39.8. The molecule has 0 saturated carbocycles. The molecule has 0 amide bonds. The zero-order valence-electron chi connectivity index (χ0n) is 45.0. The molecular formula is C65H62BN3O. The van der Waals surface area contributed by atoms with Gasteiger partial charge in [0.15, 0.2) is 0 Å². The summed E-state index contributed by atoms with van der Waals surface area (Å²) in [4.78, 5) is 7.12. The minimum atomic E-state index is -2.41. The highest BCUT2D eigenvalue weighted by Crippen LogP contribution is 2.55. The summed E-state index contributed by atoms with van der Waals surface area (Å²) in [6, 6.07) is 56.7. The highest BCUT2D eigenvalue weighted by molar-refractivity contribution is 7.00. The minimum absolute atomic E-state index is 0.0242. The summed E-state index contributed by atoms with van der Waals surface area (Å²) < 4.78 is 34.4. The number of hydrogen-bond donors (Lipinski definition) is 0. The van der Waals surface area contributed by atoms with Crippen molar-refractivity contribution >= 4 is 96.2 Å². The Morgan fingerprint density at radius 2 is 1.06 bits per heavy atom. The zero-order chi connectivity index (χ0) is 50.7. The molecule has 0 spiro atoms.